The largest absolute Gasteiger partial charge is 0.250 e. The summed E-state index contributed by atoms with van der Waals surface area (Å²) in [7, 11) is 0. The maximum Gasteiger partial charge on any atom is 0.103 e. The van der Waals surface area contributed by atoms with Gasteiger partial charge in [-0.3, -0.25) is 0 Å². The van der Waals surface area contributed by atoms with Crippen LogP contribution >= 0.6 is 31.9 Å². The highest BCUT2D eigenvalue weighted by Gasteiger charge is 1.95. The van der Waals surface area contributed by atoms with Gasteiger partial charge in [0.2, 0.25) is 0 Å². The Morgan fingerprint density at radius 3 is 2.17 bits per heavy atom. The van der Waals surface area contributed by atoms with E-state index in [1.54, 1.807) is 0 Å². The predicted octanol–water partition coefficient (Wildman–Crippen LogP) is 2.11. The van der Waals surface area contributed by atoms with Gasteiger partial charge in [0.15, 0.2) is 0 Å². The van der Waals surface area contributed by atoms with E-state index in [-0.39, 0.29) is 11.5 Å². The molecule has 0 aliphatic carbocycles. The van der Waals surface area contributed by atoms with E-state index in [1.807, 2.05) is 0 Å². The average Bonchev–Trinajstić information content (AvgIpc) is 1.65. The van der Waals surface area contributed by atoms with Crippen molar-refractivity contribution in [1.29, 1.82) is 0 Å². The quantitative estimate of drug-likeness (QED) is 0.625. The lowest BCUT2D eigenvalue weighted by molar-refractivity contribution is 0.500. The van der Waals surface area contributed by atoms with E-state index in [1.165, 1.54) is 0 Å². The zero-order valence-corrected chi connectivity index (χ0v) is 6.30. The normalized spacial score (nSPS) is 14.5. The van der Waals surface area contributed by atoms with Crippen LogP contribution in [0, 0.1) is 0 Å². The van der Waals surface area contributed by atoms with Crippen LogP contribution in [0.5, 0.6) is 0 Å². The molecule has 0 saturated carbocycles. The van der Waals surface area contributed by atoms with Gasteiger partial charge in [0.05, 0.1) is 4.83 Å². The Bertz CT molecular complexity index is 28.0. The molecule has 0 aliphatic heterocycles. The summed E-state index contributed by atoms with van der Waals surface area (Å²) in [6, 6.07) is 0. The van der Waals surface area contributed by atoms with Crippen molar-refractivity contribution in [2.45, 2.75) is 4.83 Å². The molecular formula is C3H5Br2F. The van der Waals surface area contributed by atoms with E-state index >= 15 is 0 Å². The van der Waals surface area contributed by atoms with Crippen molar-refractivity contribution in [3.05, 3.63) is 0 Å². The molecule has 3 heteroatoms. The zero-order valence-electron chi connectivity index (χ0n) is 3.13. The predicted molar refractivity (Wildman–Crippen MR) is 32.5 cm³/mol. The van der Waals surface area contributed by atoms with E-state index < -0.39 is 0 Å². The van der Waals surface area contributed by atoms with Crippen LogP contribution in [0.2, 0.25) is 0 Å². The van der Waals surface area contributed by atoms with E-state index in [9.17, 15) is 4.39 Å². The molecule has 0 aromatic carbocycles. The van der Waals surface area contributed by atoms with E-state index in [0.717, 1.165) is 0 Å². The lowest BCUT2D eigenvalue weighted by atomic mass is 10.6. The summed E-state index contributed by atoms with van der Waals surface area (Å²) in [4.78, 5) is -0.00231. The van der Waals surface area contributed by atoms with Crippen LogP contribution < -0.4 is 0 Å². The van der Waals surface area contributed by atoms with Gasteiger partial charge in [-0.25, -0.2) is 4.39 Å². The van der Waals surface area contributed by atoms with Gasteiger partial charge in [0.1, 0.15) is 6.67 Å². The van der Waals surface area contributed by atoms with E-state index in [2.05, 4.69) is 31.9 Å². The molecular weight excluding hydrogens is 215 g/mol. The summed E-state index contributed by atoms with van der Waals surface area (Å²) in [5, 5.41) is 0.684. The SMILES string of the molecule is FCC(Br)CBr. The highest BCUT2D eigenvalue weighted by Crippen LogP contribution is 2.02. The second-order valence-electron chi connectivity index (χ2n) is 0.906. The maximum absolute atomic E-state index is 11.3. The average molecular weight is 220 g/mol. The Morgan fingerprint density at radius 2 is 2.17 bits per heavy atom. The van der Waals surface area contributed by atoms with Crippen LogP contribution in [0.3, 0.4) is 0 Å². The summed E-state index contributed by atoms with van der Waals surface area (Å²) >= 11 is 6.14. The molecule has 0 spiro atoms. The molecule has 0 N–H and O–H groups in total. The first kappa shape index (κ1) is 6.89. The van der Waals surface area contributed by atoms with Gasteiger partial charge in [-0.2, -0.15) is 0 Å². The summed E-state index contributed by atoms with van der Waals surface area (Å²) in [6.45, 7) is -0.300. The van der Waals surface area contributed by atoms with Crippen LogP contribution in [0.15, 0.2) is 0 Å². The number of halogens is 3. The fourth-order valence-corrected chi connectivity index (χ4v) is 0.214. The van der Waals surface area contributed by atoms with Gasteiger partial charge < -0.3 is 0 Å². The van der Waals surface area contributed by atoms with Crippen LogP contribution in [0.4, 0.5) is 4.39 Å². The number of hydrogen-bond acceptors (Lipinski definition) is 0. The third-order valence-corrected chi connectivity index (χ3v) is 2.55. The van der Waals surface area contributed by atoms with Crippen molar-refractivity contribution in [3.63, 3.8) is 0 Å². The Hall–Kier alpha value is 0.890. The van der Waals surface area contributed by atoms with Crippen molar-refractivity contribution in [2.24, 2.45) is 0 Å². The first-order chi connectivity index (χ1) is 2.81. The minimum Gasteiger partial charge on any atom is -0.250 e. The molecule has 0 amide bonds. The fraction of sp³-hybridized carbons (Fsp3) is 1.00. The molecule has 0 aromatic heterocycles. The zero-order chi connectivity index (χ0) is 4.99. The van der Waals surface area contributed by atoms with Crippen molar-refractivity contribution in [3.8, 4) is 0 Å². The van der Waals surface area contributed by atoms with Gasteiger partial charge in [-0.1, -0.05) is 31.9 Å². The minimum atomic E-state index is -0.300. The smallest absolute Gasteiger partial charge is 0.103 e. The van der Waals surface area contributed by atoms with Gasteiger partial charge in [0.25, 0.3) is 0 Å². The standard InChI is InChI=1S/C3H5Br2F/c4-1-3(5)2-6/h3H,1-2H2. The van der Waals surface area contributed by atoms with Gasteiger partial charge in [-0.05, 0) is 0 Å². The second kappa shape index (κ2) is 4.06. The first-order valence-electron chi connectivity index (χ1n) is 1.57. The Labute approximate surface area is 53.4 Å². The van der Waals surface area contributed by atoms with Crippen LogP contribution in [-0.4, -0.2) is 16.8 Å². The molecule has 6 heavy (non-hydrogen) atoms. The molecule has 0 radical (unpaired) electrons. The van der Waals surface area contributed by atoms with Crippen LogP contribution in [-0.2, 0) is 0 Å². The molecule has 0 bridgehead atoms. The van der Waals surface area contributed by atoms with Gasteiger partial charge >= 0.3 is 0 Å². The molecule has 0 rings (SSSR count). The Balaban J connectivity index is 2.75. The van der Waals surface area contributed by atoms with Gasteiger partial charge in [-0.15, -0.1) is 0 Å². The highest BCUT2D eigenvalue weighted by atomic mass is 79.9. The molecule has 0 aliphatic rings. The second-order valence-corrected chi connectivity index (χ2v) is 2.85. The third kappa shape index (κ3) is 3.09. The number of hydrogen-bond donors (Lipinski definition) is 0. The maximum atomic E-state index is 11.3. The summed E-state index contributed by atoms with van der Waals surface area (Å²) in [5.74, 6) is 0. The van der Waals surface area contributed by atoms with Crippen molar-refractivity contribution < 1.29 is 4.39 Å². The lowest BCUT2D eigenvalue weighted by Crippen LogP contribution is -1.99. The molecule has 0 heterocycles. The van der Waals surface area contributed by atoms with Gasteiger partial charge in [0, 0.05) is 5.33 Å². The Kier molecular flexibility index (Phi) is 4.66. The summed E-state index contributed by atoms with van der Waals surface area (Å²) < 4.78 is 11.3. The highest BCUT2D eigenvalue weighted by molar-refractivity contribution is 9.12. The molecule has 1 unspecified atom stereocenters. The molecule has 0 saturated heterocycles. The van der Waals surface area contributed by atoms with Crippen molar-refractivity contribution >= 4 is 31.9 Å². The third-order valence-electron chi connectivity index (χ3n) is 0.335. The summed E-state index contributed by atoms with van der Waals surface area (Å²) in [6.07, 6.45) is 0. The number of rotatable bonds is 2. The number of alkyl halides is 3. The molecule has 0 nitrogen and oxygen atoms in total. The molecule has 0 fully saturated rings. The van der Waals surface area contributed by atoms with E-state index in [4.69, 9.17) is 0 Å². The fourth-order valence-electron chi connectivity index (χ4n) is 0.0412. The lowest BCUT2D eigenvalue weighted by Gasteiger charge is -1.92. The van der Waals surface area contributed by atoms with Crippen LogP contribution in [0.1, 0.15) is 0 Å². The Morgan fingerprint density at radius 1 is 1.67 bits per heavy atom. The molecule has 1 atom stereocenters. The van der Waals surface area contributed by atoms with Crippen molar-refractivity contribution in [1.82, 2.24) is 0 Å². The minimum absolute atomic E-state index is 0.00231. The molecule has 38 valence electrons. The monoisotopic (exact) mass is 218 g/mol. The molecule has 0 aromatic rings. The topological polar surface area (TPSA) is 0 Å². The van der Waals surface area contributed by atoms with Crippen molar-refractivity contribution in [2.75, 3.05) is 12.0 Å². The van der Waals surface area contributed by atoms with E-state index in [0.29, 0.717) is 5.33 Å². The first-order valence-corrected chi connectivity index (χ1v) is 3.61. The van der Waals surface area contributed by atoms with Crippen LogP contribution in [0.25, 0.3) is 0 Å². The summed E-state index contributed by atoms with van der Waals surface area (Å²) in [5.41, 5.74) is 0.